The third kappa shape index (κ3) is 13.4. The molecule has 2 aromatic carbocycles. The minimum atomic E-state index is -1.42. The number of primary amides is 1. The molecular weight excluding hydrogens is 720 g/mol. The first-order valence-corrected chi connectivity index (χ1v) is 19.1. The van der Waals surface area contributed by atoms with Crippen LogP contribution in [0.25, 0.3) is 0 Å². The quantitative estimate of drug-likeness (QED) is 0.0942. The number of hydrogen-bond donors (Lipinski definition) is 9. The van der Waals surface area contributed by atoms with Crippen molar-refractivity contribution in [2.24, 2.45) is 23.3 Å². The van der Waals surface area contributed by atoms with Gasteiger partial charge in [-0.15, -0.1) is 0 Å². The summed E-state index contributed by atoms with van der Waals surface area (Å²) in [5, 5.41) is 25.8. The number of nitrogens with one attached hydrogen (secondary N) is 6. The summed E-state index contributed by atoms with van der Waals surface area (Å²) in [6, 6.07) is 9.91. The molecule has 0 aliphatic heterocycles. The fourth-order valence-corrected chi connectivity index (χ4v) is 6.48. The van der Waals surface area contributed by atoms with E-state index in [1.165, 1.54) is 19.1 Å². The van der Waals surface area contributed by atoms with E-state index in [-0.39, 0.29) is 37.4 Å². The zero-order valence-corrected chi connectivity index (χ0v) is 32.9. The van der Waals surface area contributed by atoms with Crippen LogP contribution in [-0.2, 0) is 46.4 Å². The molecule has 0 spiro atoms. The van der Waals surface area contributed by atoms with Gasteiger partial charge in [-0.3, -0.25) is 33.6 Å². The third-order valence-electron chi connectivity index (χ3n) is 9.82. The van der Waals surface area contributed by atoms with Crippen LogP contribution in [-0.4, -0.2) is 88.7 Å². The lowest BCUT2D eigenvalue weighted by atomic mass is 9.80. The van der Waals surface area contributed by atoms with E-state index >= 15 is 0 Å². The summed E-state index contributed by atoms with van der Waals surface area (Å²) in [6.07, 6.45) is 2.84. The average Bonchev–Trinajstić information content (AvgIpc) is 3.15. The molecule has 11 N–H and O–H groups in total. The van der Waals surface area contributed by atoms with Crippen LogP contribution in [0.5, 0.6) is 5.75 Å². The maximum Gasteiger partial charge on any atom is 0.246 e. The normalized spacial score (nSPS) is 16.3. The van der Waals surface area contributed by atoms with Gasteiger partial charge < -0.3 is 48.5 Å². The van der Waals surface area contributed by atoms with E-state index in [1.54, 1.807) is 64.1 Å². The Morgan fingerprint density at radius 1 is 0.661 bits per heavy atom. The van der Waals surface area contributed by atoms with Crippen LogP contribution in [0.15, 0.2) is 54.6 Å². The number of carbonyl (C=O) groups excluding carboxylic acids is 7. The molecule has 1 aliphatic rings. The number of nitrogens with two attached hydrogens (primary N) is 2. The van der Waals surface area contributed by atoms with Crippen LogP contribution in [0.4, 0.5) is 0 Å². The third-order valence-corrected chi connectivity index (χ3v) is 9.82. The number of phenolic OH excluding ortho intramolecular Hbond substituents is 1. The Bertz CT molecular complexity index is 1680. The minimum Gasteiger partial charge on any atom is -0.508 e. The Morgan fingerprint density at radius 2 is 1.23 bits per heavy atom. The zero-order valence-electron chi connectivity index (χ0n) is 32.9. The maximum absolute atomic E-state index is 14.3. The van der Waals surface area contributed by atoms with Crippen molar-refractivity contribution in [3.63, 3.8) is 0 Å². The van der Waals surface area contributed by atoms with E-state index < -0.39 is 89.6 Å². The van der Waals surface area contributed by atoms with Crippen molar-refractivity contribution in [2.75, 3.05) is 6.54 Å². The molecule has 5 atom stereocenters. The topological polar surface area (TPSA) is 264 Å². The van der Waals surface area contributed by atoms with Gasteiger partial charge in [0.2, 0.25) is 41.4 Å². The SMILES string of the molecule is CC(C)[C@H](NC(=O)[C@@H](NC(=O)C1(NC(=O)[C@H](Cc2ccccc2)NC(=O)[C@@H](C)NC(=O)[C@@H](N)Cc2ccc(O)cc2)CCCCC1)C(C)C)C(=O)NCC(N)=O. The van der Waals surface area contributed by atoms with Gasteiger partial charge in [0, 0.05) is 6.42 Å². The van der Waals surface area contributed by atoms with Gasteiger partial charge >= 0.3 is 0 Å². The molecule has 1 aliphatic carbocycles. The number of phenols is 1. The monoisotopic (exact) mass is 778 g/mol. The Labute approximate surface area is 328 Å². The average molecular weight is 779 g/mol. The van der Waals surface area contributed by atoms with Crippen LogP contribution < -0.4 is 43.4 Å². The van der Waals surface area contributed by atoms with Crippen LogP contribution in [0.2, 0.25) is 0 Å². The molecule has 56 heavy (non-hydrogen) atoms. The number of carbonyl (C=O) groups is 7. The predicted molar refractivity (Wildman–Crippen MR) is 209 cm³/mol. The molecule has 0 radical (unpaired) electrons. The van der Waals surface area contributed by atoms with Gasteiger partial charge in [0.25, 0.3) is 0 Å². The van der Waals surface area contributed by atoms with Crippen LogP contribution in [0, 0.1) is 11.8 Å². The molecule has 7 amide bonds. The molecule has 0 saturated heterocycles. The molecule has 16 heteroatoms. The van der Waals surface area contributed by atoms with E-state index in [2.05, 4.69) is 31.9 Å². The summed E-state index contributed by atoms with van der Waals surface area (Å²) >= 11 is 0. The van der Waals surface area contributed by atoms with Crippen molar-refractivity contribution in [1.29, 1.82) is 0 Å². The van der Waals surface area contributed by atoms with E-state index in [1.807, 2.05) is 6.07 Å². The summed E-state index contributed by atoms with van der Waals surface area (Å²) in [5.41, 5.74) is 11.3. The van der Waals surface area contributed by atoms with Crippen LogP contribution in [0.1, 0.15) is 77.8 Å². The Hall–Kier alpha value is -5.51. The van der Waals surface area contributed by atoms with Gasteiger partial charge in [-0.05, 0) is 61.3 Å². The molecule has 0 aromatic heterocycles. The molecule has 1 saturated carbocycles. The highest BCUT2D eigenvalue weighted by molar-refractivity contribution is 5.98. The molecule has 3 rings (SSSR count). The summed E-state index contributed by atoms with van der Waals surface area (Å²) in [4.78, 5) is 92.6. The molecule has 0 unspecified atom stereocenters. The fraction of sp³-hybridized carbons (Fsp3) is 0.525. The molecule has 0 heterocycles. The number of amides is 7. The lowest BCUT2D eigenvalue weighted by Crippen LogP contribution is -2.66. The molecule has 306 valence electrons. The predicted octanol–water partition coefficient (Wildman–Crippen LogP) is 0.196. The second-order valence-electron chi connectivity index (χ2n) is 15.2. The second-order valence-corrected chi connectivity index (χ2v) is 15.2. The van der Waals surface area contributed by atoms with Crippen molar-refractivity contribution in [1.82, 2.24) is 31.9 Å². The lowest BCUT2D eigenvalue weighted by Gasteiger charge is -2.39. The molecule has 0 bridgehead atoms. The van der Waals surface area contributed by atoms with E-state index in [0.717, 1.165) is 12.0 Å². The van der Waals surface area contributed by atoms with E-state index in [9.17, 15) is 38.7 Å². The highest BCUT2D eigenvalue weighted by atomic mass is 16.3. The molecule has 1 fully saturated rings. The fourth-order valence-electron chi connectivity index (χ4n) is 6.48. The highest BCUT2D eigenvalue weighted by Crippen LogP contribution is 2.29. The number of hydrogen-bond acceptors (Lipinski definition) is 9. The Morgan fingerprint density at radius 3 is 1.80 bits per heavy atom. The summed E-state index contributed by atoms with van der Waals surface area (Å²) in [6.45, 7) is 7.98. The van der Waals surface area contributed by atoms with E-state index in [4.69, 9.17) is 11.5 Å². The first-order valence-electron chi connectivity index (χ1n) is 19.1. The van der Waals surface area contributed by atoms with Gasteiger partial charge in [0.1, 0.15) is 35.5 Å². The molecule has 16 nitrogen and oxygen atoms in total. The second kappa shape index (κ2) is 21.0. The van der Waals surface area contributed by atoms with Gasteiger partial charge in [-0.2, -0.15) is 0 Å². The van der Waals surface area contributed by atoms with E-state index in [0.29, 0.717) is 18.4 Å². The first kappa shape index (κ1) is 44.9. The Balaban J connectivity index is 1.79. The number of aromatic hydroxyl groups is 1. The number of benzene rings is 2. The first-order chi connectivity index (χ1) is 26.4. The largest absolute Gasteiger partial charge is 0.508 e. The number of rotatable bonds is 19. The van der Waals surface area contributed by atoms with Gasteiger partial charge in [0.05, 0.1) is 12.6 Å². The summed E-state index contributed by atoms with van der Waals surface area (Å²) in [5.74, 6) is -5.12. The maximum atomic E-state index is 14.3. The van der Waals surface area contributed by atoms with Crippen molar-refractivity contribution >= 4 is 41.4 Å². The highest BCUT2D eigenvalue weighted by Gasteiger charge is 2.44. The molecular formula is C40H58N8O8. The van der Waals surface area contributed by atoms with Crippen LogP contribution in [0.3, 0.4) is 0 Å². The zero-order chi connectivity index (χ0) is 41.6. The minimum absolute atomic E-state index is 0.0720. The Kier molecular flexibility index (Phi) is 16.8. The van der Waals surface area contributed by atoms with Crippen molar-refractivity contribution < 1.29 is 38.7 Å². The van der Waals surface area contributed by atoms with Crippen molar-refractivity contribution in [3.8, 4) is 5.75 Å². The summed E-state index contributed by atoms with van der Waals surface area (Å²) < 4.78 is 0. The lowest BCUT2D eigenvalue weighted by molar-refractivity contribution is -0.140. The van der Waals surface area contributed by atoms with Gasteiger partial charge in [-0.25, -0.2) is 0 Å². The standard InChI is InChI=1S/C40H58N8O8/c1-23(2)32(37(54)43-22-31(42)50)46-38(55)33(24(3)4)47-39(56)40(18-10-7-11-19-40)48-36(53)30(21-26-12-8-6-9-13-26)45-34(51)25(5)44-35(52)29(41)20-27-14-16-28(49)17-15-27/h6,8-9,12-17,23-25,29-30,32-33,49H,7,10-11,18-22,41H2,1-5H3,(H2,42,50)(H,43,54)(H,44,52)(H,45,51)(H,46,55)(H,47,56)(H,48,53)/t25-,29+,30+,32+,33+/m1/s1. The van der Waals surface area contributed by atoms with Crippen molar-refractivity contribution in [2.45, 2.75) is 115 Å². The molecule has 2 aromatic rings. The smallest absolute Gasteiger partial charge is 0.246 e. The van der Waals surface area contributed by atoms with Crippen molar-refractivity contribution in [3.05, 3.63) is 65.7 Å². The van der Waals surface area contributed by atoms with Crippen LogP contribution >= 0.6 is 0 Å². The van der Waals surface area contributed by atoms with Gasteiger partial charge in [-0.1, -0.05) is 89.4 Å². The van der Waals surface area contributed by atoms with Gasteiger partial charge in [0.15, 0.2) is 0 Å². The summed E-state index contributed by atoms with van der Waals surface area (Å²) in [7, 11) is 0.